The van der Waals surface area contributed by atoms with Crippen molar-refractivity contribution >= 4 is 69.7 Å². The molecule has 1 unspecified atom stereocenters. The SMILES string of the molecule is CCSc1nsc(NC(=O)C(Sc2ccc(NC(=O)/C(=C/c3ccc(C(C)C)cc3)NC(=O)c3ccccc3)cc2)c2ccccc2)n1. The maximum Gasteiger partial charge on any atom is 0.272 e. The molecule has 0 spiro atoms. The van der Waals surface area contributed by atoms with E-state index in [9.17, 15) is 14.4 Å². The van der Waals surface area contributed by atoms with Crippen LogP contribution in [0.4, 0.5) is 10.8 Å². The summed E-state index contributed by atoms with van der Waals surface area (Å²) < 4.78 is 4.30. The van der Waals surface area contributed by atoms with E-state index in [4.69, 9.17) is 0 Å². The molecule has 0 aliphatic carbocycles. The van der Waals surface area contributed by atoms with Gasteiger partial charge in [0.1, 0.15) is 10.9 Å². The van der Waals surface area contributed by atoms with E-state index in [-0.39, 0.29) is 17.5 Å². The second-order valence-corrected chi connectivity index (χ2v) is 14.1. The highest BCUT2D eigenvalue weighted by Crippen LogP contribution is 2.37. The van der Waals surface area contributed by atoms with Crippen molar-refractivity contribution in [2.24, 2.45) is 0 Å². The van der Waals surface area contributed by atoms with Crippen LogP contribution in [-0.2, 0) is 9.59 Å². The third-order valence-corrected chi connectivity index (χ3v) is 9.80. The summed E-state index contributed by atoms with van der Waals surface area (Å²) in [6.07, 6.45) is 1.66. The van der Waals surface area contributed by atoms with Crippen molar-refractivity contribution in [1.29, 1.82) is 0 Å². The Morgan fingerprint density at radius 2 is 1.48 bits per heavy atom. The molecule has 0 saturated heterocycles. The number of benzene rings is 4. The number of anilines is 2. The molecule has 3 amide bonds. The number of nitrogens with zero attached hydrogens (tertiary/aromatic N) is 2. The molecule has 3 N–H and O–H groups in total. The Bertz CT molecular complexity index is 1860. The fourth-order valence-electron chi connectivity index (χ4n) is 4.56. The molecule has 0 fully saturated rings. The normalized spacial score (nSPS) is 12.0. The molecule has 1 aromatic heterocycles. The molecule has 0 aliphatic heterocycles. The van der Waals surface area contributed by atoms with Gasteiger partial charge >= 0.3 is 0 Å². The van der Waals surface area contributed by atoms with Gasteiger partial charge in [-0.3, -0.25) is 19.7 Å². The molecule has 244 valence electrons. The number of aromatic nitrogens is 2. The van der Waals surface area contributed by atoms with Gasteiger partial charge in [-0.25, -0.2) is 0 Å². The summed E-state index contributed by atoms with van der Waals surface area (Å²) in [6, 6.07) is 33.4. The zero-order chi connectivity index (χ0) is 33.9. The minimum Gasteiger partial charge on any atom is -0.321 e. The van der Waals surface area contributed by atoms with Crippen LogP contribution in [0.15, 0.2) is 125 Å². The van der Waals surface area contributed by atoms with Crippen molar-refractivity contribution < 1.29 is 14.4 Å². The van der Waals surface area contributed by atoms with E-state index in [1.807, 2.05) is 79.7 Å². The Labute approximate surface area is 293 Å². The Balaban J connectivity index is 1.32. The lowest BCUT2D eigenvalue weighted by Gasteiger charge is -2.16. The molecule has 0 bridgehead atoms. The number of carbonyl (C=O) groups excluding carboxylic acids is 3. The van der Waals surface area contributed by atoms with Crippen molar-refractivity contribution in [2.45, 2.75) is 42.0 Å². The van der Waals surface area contributed by atoms with Gasteiger partial charge in [0.15, 0.2) is 0 Å². The number of hydrogen-bond acceptors (Lipinski definition) is 8. The molecule has 0 radical (unpaired) electrons. The highest BCUT2D eigenvalue weighted by Gasteiger charge is 2.24. The average molecular weight is 694 g/mol. The third kappa shape index (κ3) is 9.66. The quantitative estimate of drug-likeness (QED) is 0.0836. The highest BCUT2D eigenvalue weighted by molar-refractivity contribution is 8.00. The van der Waals surface area contributed by atoms with Crippen LogP contribution in [0, 0.1) is 0 Å². The van der Waals surface area contributed by atoms with Gasteiger partial charge in [0.25, 0.3) is 11.8 Å². The van der Waals surface area contributed by atoms with Crippen molar-refractivity contribution in [2.75, 3.05) is 16.4 Å². The van der Waals surface area contributed by atoms with Crippen LogP contribution in [0.3, 0.4) is 0 Å². The van der Waals surface area contributed by atoms with Crippen molar-refractivity contribution in [3.8, 4) is 0 Å². The standard InChI is InChI=1S/C37H35N5O3S3/c1-4-46-37-41-36(48-42-37)40-35(45)32(27-11-7-5-8-12-27)47-30-21-19-29(20-22-30)38-34(44)31(39-33(43)28-13-9-6-10-14-28)23-25-15-17-26(18-16-25)24(2)3/h5-24,32H,4H2,1-3H3,(H,38,44)(H,39,43)(H,40,41,42,45)/b31-23-. The van der Waals surface area contributed by atoms with E-state index < -0.39 is 11.2 Å². The predicted octanol–water partition coefficient (Wildman–Crippen LogP) is 8.66. The van der Waals surface area contributed by atoms with Crippen LogP contribution in [0.2, 0.25) is 0 Å². The van der Waals surface area contributed by atoms with E-state index in [1.54, 1.807) is 42.5 Å². The molecule has 48 heavy (non-hydrogen) atoms. The number of rotatable bonds is 13. The molecule has 0 saturated carbocycles. The summed E-state index contributed by atoms with van der Waals surface area (Å²) in [7, 11) is 0. The second kappa shape index (κ2) is 16.9. The molecule has 1 atom stereocenters. The number of nitrogens with one attached hydrogen (secondary N) is 3. The summed E-state index contributed by atoms with van der Waals surface area (Å²) in [5.41, 5.74) is 3.89. The van der Waals surface area contributed by atoms with E-state index in [2.05, 4.69) is 39.2 Å². The topological polar surface area (TPSA) is 113 Å². The smallest absolute Gasteiger partial charge is 0.272 e. The number of hydrogen-bond donors (Lipinski definition) is 3. The van der Waals surface area contributed by atoms with Gasteiger partial charge in [0.2, 0.25) is 16.2 Å². The zero-order valence-corrected chi connectivity index (χ0v) is 29.1. The van der Waals surface area contributed by atoms with Gasteiger partial charge in [-0.05, 0) is 70.8 Å². The van der Waals surface area contributed by atoms with Crippen LogP contribution in [0.1, 0.15) is 59.0 Å². The van der Waals surface area contributed by atoms with Gasteiger partial charge in [0.05, 0.1) is 0 Å². The van der Waals surface area contributed by atoms with Gasteiger partial charge in [-0.15, -0.1) is 11.8 Å². The van der Waals surface area contributed by atoms with Crippen LogP contribution in [0.5, 0.6) is 0 Å². The zero-order valence-electron chi connectivity index (χ0n) is 26.7. The fraction of sp³-hybridized carbons (Fsp3) is 0.162. The number of thioether (sulfide) groups is 2. The van der Waals surface area contributed by atoms with Crippen LogP contribution < -0.4 is 16.0 Å². The van der Waals surface area contributed by atoms with Crippen molar-refractivity contribution in [3.05, 3.63) is 137 Å². The molecule has 8 nitrogen and oxygen atoms in total. The van der Waals surface area contributed by atoms with Gasteiger partial charge in [-0.1, -0.05) is 105 Å². The first kappa shape index (κ1) is 34.6. The molecule has 0 aliphatic rings. The summed E-state index contributed by atoms with van der Waals surface area (Å²) in [4.78, 5) is 45.3. The van der Waals surface area contributed by atoms with Gasteiger partial charge < -0.3 is 10.6 Å². The maximum absolute atomic E-state index is 13.5. The molecule has 1 heterocycles. The predicted molar refractivity (Wildman–Crippen MR) is 197 cm³/mol. The first-order chi connectivity index (χ1) is 23.3. The summed E-state index contributed by atoms with van der Waals surface area (Å²) in [5.74, 6) is 0.150. The Morgan fingerprint density at radius 3 is 2.12 bits per heavy atom. The average Bonchev–Trinajstić information content (AvgIpc) is 3.55. The first-order valence-electron chi connectivity index (χ1n) is 15.4. The summed E-state index contributed by atoms with van der Waals surface area (Å²) in [5, 5.41) is 9.15. The number of carbonyl (C=O) groups is 3. The minimum atomic E-state index is -0.553. The van der Waals surface area contributed by atoms with Gasteiger partial charge in [0, 0.05) is 27.7 Å². The van der Waals surface area contributed by atoms with Crippen LogP contribution in [0.25, 0.3) is 6.08 Å². The molecular formula is C37H35N5O3S3. The third-order valence-electron chi connectivity index (χ3n) is 7.06. The summed E-state index contributed by atoms with van der Waals surface area (Å²) >= 11 is 4.06. The Kier molecular flexibility index (Phi) is 12.2. The lowest BCUT2D eigenvalue weighted by atomic mass is 10.0. The molecule has 11 heteroatoms. The monoisotopic (exact) mass is 693 g/mol. The first-order valence-corrected chi connectivity index (χ1v) is 18.0. The lowest BCUT2D eigenvalue weighted by molar-refractivity contribution is -0.116. The van der Waals surface area contributed by atoms with Crippen molar-refractivity contribution in [1.82, 2.24) is 14.7 Å². The van der Waals surface area contributed by atoms with Crippen molar-refractivity contribution in [3.63, 3.8) is 0 Å². The van der Waals surface area contributed by atoms with Crippen LogP contribution >= 0.6 is 35.1 Å². The van der Waals surface area contributed by atoms with E-state index in [0.717, 1.165) is 33.3 Å². The van der Waals surface area contributed by atoms with E-state index >= 15 is 0 Å². The Morgan fingerprint density at radius 1 is 0.812 bits per heavy atom. The number of amides is 3. The lowest BCUT2D eigenvalue weighted by Crippen LogP contribution is -2.30. The van der Waals surface area contributed by atoms with Crippen LogP contribution in [-0.4, -0.2) is 32.8 Å². The minimum absolute atomic E-state index is 0.109. The molecular weight excluding hydrogens is 659 g/mol. The highest BCUT2D eigenvalue weighted by atomic mass is 32.2. The molecule has 5 rings (SSSR count). The molecule has 4 aromatic carbocycles. The molecule has 5 aromatic rings. The van der Waals surface area contributed by atoms with E-state index in [1.165, 1.54) is 29.1 Å². The maximum atomic E-state index is 13.5. The largest absolute Gasteiger partial charge is 0.321 e. The van der Waals surface area contributed by atoms with Gasteiger partial charge in [-0.2, -0.15) is 9.36 Å². The summed E-state index contributed by atoms with van der Waals surface area (Å²) in [6.45, 7) is 6.26. The Hall–Kier alpha value is -4.71. The van der Waals surface area contributed by atoms with E-state index in [0.29, 0.717) is 27.5 Å². The second-order valence-electron chi connectivity index (χ2n) is 10.9. The fourth-order valence-corrected chi connectivity index (χ4v) is 6.86.